The van der Waals surface area contributed by atoms with E-state index >= 15 is 0 Å². The van der Waals surface area contributed by atoms with E-state index in [4.69, 9.17) is 5.73 Å². The molecule has 3 rings (SSSR count). The Balaban J connectivity index is 1.66. The first-order valence-electron chi connectivity index (χ1n) is 13.7. The van der Waals surface area contributed by atoms with Crippen molar-refractivity contribution in [3.8, 4) is 5.69 Å². The second kappa shape index (κ2) is 12.1. The van der Waals surface area contributed by atoms with Gasteiger partial charge in [-0.05, 0) is 59.8 Å². The SMILES string of the molecule is CC(C)C1CCC(C(C)CCC(=O)N(Cc2ccc(-[n+]3ccccc3)cc2)C(=O)CN)C1(C)C(C)C. The zero-order valence-electron chi connectivity index (χ0n) is 23.1. The molecule has 5 heteroatoms. The van der Waals surface area contributed by atoms with Crippen molar-refractivity contribution in [2.75, 3.05) is 6.54 Å². The van der Waals surface area contributed by atoms with Crippen LogP contribution in [0, 0.1) is 35.0 Å². The molecular weight excluding hydrogens is 446 g/mol. The summed E-state index contributed by atoms with van der Waals surface area (Å²) >= 11 is 0. The molecule has 36 heavy (non-hydrogen) atoms. The Kier molecular flexibility index (Phi) is 9.46. The highest BCUT2D eigenvalue weighted by molar-refractivity contribution is 5.96. The number of aromatic nitrogens is 1. The predicted octanol–water partition coefficient (Wildman–Crippen LogP) is 5.54. The highest BCUT2D eigenvalue weighted by atomic mass is 16.2. The van der Waals surface area contributed by atoms with Crippen LogP contribution in [-0.4, -0.2) is 23.3 Å². The van der Waals surface area contributed by atoms with E-state index in [1.54, 1.807) is 0 Å². The van der Waals surface area contributed by atoms with Crippen LogP contribution in [0.3, 0.4) is 0 Å². The van der Waals surface area contributed by atoms with Crippen LogP contribution in [0.1, 0.15) is 72.8 Å². The summed E-state index contributed by atoms with van der Waals surface area (Å²) < 4.78 is 2.02. The first-order chi connectivity index (χ1) is 17.1. The van der Waals surface area contributed by atoms with Gasteiger partial charge in [0.1, 0.15) is 0 Å². The van der Waals surface area contributed by atoms with Crippen molar-refractivity contribution in [2.24, 2.45) is 40.7 Å². The molecule has 2 amide bonds. The highest BCUT2D eigenvalue weighted by Crippen LogP contribution is 2.58. The second-order valence-corrected chi connectivity index (χ2v) is 11.6. The normalized spacial score (nSPS) is 22.7. The maximum absolute atomic E-state index is 13.3. The average Bonchev–Trinajstić information content (AvgIpc) is 3.25. The van der Waals surface area contributed by atoms with Crippen LogP contribution in [0.5, 0.6) is 0 Å². The van der Waals surface area contributed by atoms with Gasteiger partial charge in [0.25, 0.3) is 0 Å². The van der Waals surface area contributed by atoms with Gasteiger partial charge < -0.3 is 5.73 Å². The van der Waals surface area contributed by atoms with E-state index in [1.165, 1.54) is 17.7 Å². The summed E-state index contributed by atoms with van der Waals surface area (Å²) in [5, 5.41) is 0. The molecule has 1 saturated carbocycles. The lowest BCUT2D eigenvalue weighted by molar-refractivity contribution is -0.595. The van der Waals surface area contributed by atoms with E-state index in [9.17, 15) is 9.59 Å². The van der Waals surface area contributed by atoms with Crippen LogP contribution in [0.15, 0.2) is 54.9 Å². The summed E-state index contributed by atoms with van der Waals surface area (Å²) in [7, 11) is 0. The number of imide groups is 1. The van der Waals surface area contributed by atoms with E-state index in [2.05, 4.69) is 41.5 Å². The molecule has 0 spiro atoms. The number of hydrogen-bond acceptors (Lipinski definition) is 3. The maximum atomic E-state index is 13.3. The monoisotopic (exact) mass is 492 g/mol. The van der Waals surface area contributed by atoms with Gasteiger partial charge in [-0.25, -0.2) is 0 Å². The minimum absolute atomic E-state index is 0.122. The lowest BCUT2D eigenvalue weighted by Crippen LogP contribution is -2.41. The summed E-state index contributed by atoms with van der Waals surface area (Å²) in [5.41, 5.74) is 7.91. The number of nitrogens with zero attached hydrogens (tertiary/aromatic N) is 2. The van der Waals surface area contributed by atoms with Gasteiger partial charge in [0.2, 0.25) is 17.5 Å². The molecule has 1 aliphatic carbocycles. The molecule has 1 aliphatic rings. The molecule has 0 saturated heterocycles. The summed E-state index contributed by atoms with van der Waals surface area (Å²) in [6.45, 7) is 14.3. The van der Waals surface area contributed by atoms with Crippen LogP contribution in [0.2, 0.25) is 0 Å². The molecule has 0 bridgehead atoms. The number of carbonyl (C=O) groups is 2. The standard InChI is InChI=1S/C31H46N3O2/c1-22(2)27-15-16-28(31(27,6)23(3)4)24(5)10-17-29(35)34(30(36)20-32)21-25-11-13-26(14-12-25)33-18-8-7-9-19-33/h7-9,11-14,18-19,22-24,27-28H,10,15-17,20-21,32H2,1-6H3/q+1. The van der Waals surface area contributed by atoms with Crippen molar-refractivity contribution in [1.82, 2.24) is 4.90 Å². The van der Waals surface area contributed by atoms with Crippen LogP contribution in [-0.2, 0) is 16.1 Å². The Hall–Kier alpha value is -2.53. The highest BCUT2D eigenvalue weighted by Gasteiger charge is 2.50. The lowest BCUT2D eigenvalue weighted by atomic mass is 9.60. The van der Waals surface area contributed by atoms with Gasteiger partial charge in [-0.3, -0.25) is 14.5 Å². The zero-order valence-corrected chi connectivity index (χ0v) is 23.1. The summed E-state index contributed by atoms with van der Waals surface area (Å²) in [6, 6.07) is 13.9. The van der Waals surface area contributed by atoms with Crippen molar-refractivity contribution in [3.63, 3.8) is 0 Å². The fraction of sp³-hybridized carbons (Fsp3) is 0.581. The summed E-state index contributed by atoms with van der Waals surface area (Å²) in [5.74, 6) is 2.57. The molecule has 1 aromatic carbocycles. The molecule has 2 aromatic rings. The van der Waals surface area contributed by atoms with E-state index < -0.39 is 0 Å². The first-order valence-corrected chi connectivity index (χ1v) is 13.7. The third-order valence-electron chi connectivity index (χ3n) is 9.00. The minimum atomic E-state index is -0.318. The number of nitrogens with two attached hydrogens (primary N) is 1. The Labute approximate surface area is 218 Å². The molecule has 196 valence electrons. The van der Waals surface area contributed by atoms with E-state index in [-0.39, 0.29) is 30.3 Å². The van der Waals surface area contributed by atoms with E-state index in [0.29, 0.717) is 36.0 Å². The molecule has 1 heterocycles. The summed E-state index contributed by atoms with van der Waals surface area (Å²) in [4.78, 5) is 27.3. The molecule has 5 nitrogen and oxygen atoms in total. The van der Waals surface area contributed by atoms with Gasteiger partial charge in [0, 0.05) is 30.7 Å². The Bertz CT molecular complexity index is 1000. The quantitative estimate of drug-likeness (QED) is 0.443. The molecule has 4 atom stereocenters. The number of hydrogen-bond donors (Lipinski definition) is 1. The van der Waals surface area contributed by atoms with Crippen LogP contribution >= 0.6 is 0 Å². The average molecular weight is 493 g/mol. The topological polar surface area (TPSA) is 67.3 Å². The third-order valence-corrected chi connectivity index (χ3v) is 9.00. The van der Waals surface area contributed by atoms with Gasteiger partial charge in [-0.15, -0.1) is 0 Å². The smallest absolute Gasteiger partial charge is 0.243 e. The molecule has 2 N–H and O–H groups in total. The number of carbonyl (C=O) groups excluding carboxylic acids is 2. The first kappa shape index (κ1) is 28.0. The van der Waals surface area contributed by atoms with Crippen LogP contribution in [0.25, 0.3) is 5.69 Å². The van der Waals surface area contributed by atoms with Gasteiger partial charge in [0.05, 0.1) is 13.1 Å². The van der Waals surface area contributed by atoms with Crippen molar-refractivity contribution < 1.29 is 14.2 Å². The number of benzene rings is 1. The largest absolute Gasteiger partial charge is 0.322 e. The molecule has 1 fully saturated rings. The molecule has 4 unspecified atom stereocenters. The van der Waals surface area contributed by atoms with E-state index in [1.807, 2.05) is 59.4 Å². The van der Waals surface area contributed by atoms with Crippen LogP contribution < -0.4 is 10.3 Å². The second-order valence-electron chi connectivity index (χ2n) is 11.6. The fourth-order valence-corrected chi connectivity index (χ4v) is 6.70. The van der Waals surface area contributed by atoms with Crippen molar-refractivity contribution in [3.05, 3.63) is 60.4 Å². The van der Waals surface area contributed by atoms with Crippen LogP contribution in [0.4, 0.5) is 0 Å². The Morgan fingerprint density at radius 2 is 1.58 bits per heavy atom. The summed E-state index contributed by atoms with van der Waals surface area (Å²) in [6.07, 6.45) is 7.65. The number of rotatable bonds is 10. The molecular formula is C31H46N3O2+. The van der Waals surface area contributed by atoms with Gasteiger partial charge in [-0.1, -0.05) is 59.7 Å². The zero-order chi connectivity index (χ0) is 26.5. The van der Waals surface area contributed by atoms with Gasteiger partial charge in [-0.2, -0.15) is 4.57 Å². The van der Waals surface area contributed by atoms with Gasteiger partial charge in [0.15, 0.2) is 12.4 Å². The fourth-order valence-electron chi connectivity index (χ4n) is 6.70. The Morgan fingerprint density at radius 1 is 0.972 bits per heavy atom. The number of amides is 2. The predicted molar refractivity (Wildman–Crippen MR) is 145 cm³/mol. The van der Waals surface area contributed by atoms with E-state index in [0.717, 1.165) is 17.7 Å². The van der Waals surface area contributed by atoms with Crippen molar-refractivity contribution in [1.29, 1.82) is 0 Å². The lowest BCUT2D eigenvalue weighted by Gasteiger charge is -2.45. The maximum Gasteiger partial charge on any atom is 0.243 e. The van der Waals surface area contributed by atoms with Crippen molar-refractivity contribution >= 4 is 11.8 Å². The number of pyridine rings is 1. The molecule has 0 radical (unpaired) electrons. The Morgan fingerprint density at radius 3 is 2.14 bits per heavy atom. The van der Waals surface area contributed by atoms with Crippen molar-refractivity contribution in [2.45, 2.75) is 73.8 Å². The third kappa shape index (κ3) is 6.05. The van der Waals surface area contributed by atoms with Gasteiger partial charge >= 0.3 is 0 Å². The molecule has 0 aliphatic heterocycles. The minimum Gasteiger partial charge on any atom is -0.322 e. The molecule has 1 aromatic heterocycles.